The fourth-order valence-electron chi connectivity index (χ4n) is 1.23. The highest BCUT2D eigenvalue weighted by molar-refractivity contribution is 5.34. The summed E-state index contributed by atoms with van der Waals surface area (Å²) in [7, 11) is 0. The lowest BCUT2D eigenvalue weighted by atomic mass is 10.00. The van der Waals surface area contributed by atoms with Gasteiger partial charge in [0.2, 0.25) is 0 Å². The lowest BCUT2D eigenvalue weighted by Crippen LogP contribution is -2.25. The Morgan fingerprint density at radius 1 is 1.38 bits per heavy atom. The number of hydrogen-bond acceptors (Lipinski definition) is 3. The smallest absolute Gasteiger partial charge is 0.120 e. The molecular formula is C10H15NO2. The molecule has 4 N–H and O–H groups in total. The molecule has 0 saturated carbocycles. The highest BCUT2D eigenvalue weighted by atomic mass is 16.3. The second-order valence-electron chi connectivity index (χ2n) is 3.06. The Kier molecular flexibility index (Phi) is 3.28. The van der Waals surface area contributed by atoms with Gasteiger partial charge in [-0.25, -0.2) is 0 Å². The SMILES string of the molecule is CCC(O)C(N)c1ccccc1O. The Morgan fingerprint density at radius 3 is 2.54 bits per heavy atom. The summed E-state index contributed by atoms with van der Waals surface area (Å²) in [5.74, 6) is 0.141. The third-order valence-electron chi connectivity index (χ3n) is 2.13. The monoisotopic (exact) mass is 181 g/mol. The number of hydrogen-bond donors (Lipinski definition) is 3. The molecule has 1 aromatic carbocycles. The number of rotatable bonds is 3. The van der Waals surface area contributed by atoms with E-state index in [-0.39, 0.29) is 5.75 Å². The van der Waals surface area contributed by atoms with Gasteiger partial charge in [0.15, 0.2) is 0 Å². The Morgan fingerprint density at radius 2 is 2.00 bits per heavy atom. The maximum atomic E-state index is 9.47. The zero-order valence-electron chi connectivity index (χ0n) is 7.64. The number of para-hydroxylation sites is 1. The van der Waals surface area contributed by atoms with Gasteiger partial charge in [-0.15, -0.1) is 0 Å². The Hall–Kier alpha value is -1.06. The molecule has 2 atom stereocenters. The van der Waals surface area contributed by atoms with Crippen molar-refractivity contribution >= 4 is 0 Å². The molecule has 13 heavy (non-hydrogen) atoms. The summed E-state index contributed by atoms with van der Waals surface area (Å²) in [6.07, 6.45) is -0.0246. The third-order valence-corrected chi connectivity index (χ3v) is 2.13. The maximum absolute atomic E-state index is 9.47. The first-order valence-electron chi connectivity index (χ1n) is 4.38. The van der Waals surface area contributed by atoms with Crippen molar-refractivity contribution < 1.29 is 10.2 Å². The summed E-state index contributed by atoms with van der Waals surface area (Å²) in [5.41, 5.74) is 6.33. The van der Waals surface area contributed by atoms with Crippen LogP contribution in [0.5, 0.6) is 5.75 Å². The second kappa shape index (κ2) is 4.25. The molecule has 0 aliphatic carbocycles. The van der Waals surface area contributed by atoms with Crippen molar-refractivity contribution in [2.45, 2.75) is 25.5 Å². The van der Waals surface area contributed by atoms with E-state index in [1.807, 2.05) is 6.92 Å². The van der Waals surface area contributed by atoms with Gasteiger partial charge in [0.25, 0.3) is 0 Å². The van der Waals surface area contributed by atoms with Crippen molar-refractivity contribution in [1.82, 2.24) is 0 Å². The first-order chi connectivity index (χ1) is 6.16. The van der Waals surface area contributed by atoms with Gasteiger partial charge in [0, 0.05) is 5.56 Å². The standard InChI is InChI=1S/C10H15NO2/c1-2-8(12)10(11)7-5-3-4-6-9(7)13/h3-6,8,10,12-13H,2,11H2,1H3. The molecule has 2 unspecified atom stereocenters. The molecule has 1 aromatic rings. The van der Waals surface area contributed by atoms with Crippen LogP contribution in [-0.4, -0.2) is 16.3 Å². The number of benzene rings is 1. The zero-order valence-corrected chi connectivity index (χ0v) is 7.64. The molecule has 3 nitrogen and oxygen atoms in total. The molecule has 72 valence electrons. The Balaban J connectivity index is 2.88. The average Bonchev–Trinajstić information content (AvgIpc) is 2.16. The summed E-state index contributed by atoms with van der Waals surface area (Å²) in [6, 6.07) is 6.30. The van der Waals surface area contributed by atoms with Crippen LogP contribution in [0.2, 0.25) is 0 Å². The molecule has 1 rings (SSSR count). The van der Waals surface area contributed by atoms with E-state index in [1.165, 1.54) is 0 Å². The molecule has 0 fully saturated rings. The van der Waals surface area contributed by atoms with Crippen molar-refractivity contribution in [2.24, 2.45) is 5.73 Å². The Labute approximate surface area is 77.8 Å². The fraction of sp³-hybridized carbons (Fsp3) is 0.400. The van der Waals surface area contributed by atoms with Gasteiger partial charge < -0.3 is 15.9 Å². The normalized spacial score (nSPS) is 15.3. The molecule has 0 aromatic heterocycles. The largest absolute Gasteiger partial charge is 0.508 e. The zero-order chi connectivity index (χ0) is 9.84. The van der Waals surface area contributed by atoms with Crippen LogP contribution in [0.15, 0.2) is 24.3 Å². The third kappa shape index (κ3) is 2.20. The highest BCUT2D eigenvalue weighted by Gasteiger charge is 2.17. The van der Waals surface area contributed by atoms with Gasteiger partial charge in [-0.1, -0.05) is 25.1 Å². The first kappa shape index (κ1) is 10.0. The van der Waals surface area contributed by atoms with Crippen LogP contribution in [0.3, 0.4) is 0 Å². The molecule has 0 amide bonds. The van der Waals surface area contributed by atoms with Crippen molar-refractivity contribution in [1.29, 1.82) is 0 Å². The molecule has 0 bridgehead atoms. The van der Waals surface area contributed by atoms with E-state index < -0.39 is 12.1 Å². The van der Waals surface area contributed by atoms with E-state index in [0.29, 0.717) is 12.0 Å². The van der Waals surface area contributed by atoms with Crippen molar-refractivity contribution in [3.05, 3.63) is 29.8 Å². The number of phenolic OH excluding ortho intramolecular Hbond substituents is 1. The quantitative estimate of drug-likeness (QED) is 0.655. The lowest BCUT2D eigenvalue weighted by molar-refractivity contribution is 0.139. The van der Waals surface area contributed by atoms with Gasteiger partial charge >= 0.3 is 0 Å². The Bertz CT molecular complexity index is 275. The van der Waals surface area contributed by atoms with Crippen molar-refractivity contribution in [3.63, 3.8) is 0 Å². The first-order valence-corrected chi connectivity index (χ1v) is 4.38. The molecule has 3 heteroatoms. The molecule has 0 heterocycles. The van der Waals surface area contributed by atoms with E-state index in [9.17, 15) is 10.2 Å². The summed E-state index contributed by atoms with van der Waals surface area (Å²) < 4.78 is 0. The topological polar surface area (TPSA) is 66.5 Å². The average molecular weight is 181 g/mol. The summed E-state index contributed by atoms with van der Waals surface area (Å²) in [4.78, 5) is 0. The lowest BCUT2D eigenvalue weighted by Gasteiger charge is -2.18. The predicted molar refractivity (Wildman–Crippen MR) is 51.3 cm³/mol. The van der Waals surface area contributed by atoms with Crippen LogP contribution < -0.4 is 5.73 Å². The molecular weight excluding hydrogens is 166 g/mol. The fourth-order valence-corrected chi connectivity index (χ4v) is 1.23. The minimum Gasteiger partial charge on any atom is -0.508 e. The van der Waals surface area contributed by atoms with Crippen LogP contribution in [0, 0.1) is 0 Å². The van der Waals surface area contributed by atoms with Crippen molar-refractivity contribution in [2.75, 3.05) is 0 Å². The molecule has 0 saturated heterocycles. The van der Waals surface area contributed by atoms with Gasteiger partial charge in [-0.3, -0.25) is 0 Å². The molecule has 0 spiro atoms. The number of aliphatic hydroxyl groups excluding tert-OH is 1. The molecule has 0 aliphatic rings. The summed E-state index contributed by atoms with van der Waals surface area (Å²) in [5, 5.41) is 18.9. The minimum absolute atomic E-state index is 0.141. The summed E-state index contributed by atoms with van der Waals surface area (Å²) in [6.45, 7) is 1.85. The number of aliphatic hydroxyl groups is 1. The van der Waals surface area contributed by atoms with Crippen molar-refractivity contribution in [3.8, 4) is 5.75 Å². The highest BCUT2D eigenvalue weighted by Crippen LogP contribution is 2.24. The molecule has 0 aliphatic heterocycles. The van der Waals surface area contributed by atoms with Gasteiger partial charge in [0.1, 0.15) is 5.75 Å². The van der Waals surface area contributed by atoms with E-state index in [0.717, 1.165) is 0 Å². The predicted octanol–water partition coefficient (Wildman–Crippen LogP) is 1.16. The maximum Gasteiger partial charge on any atom is 0.120 e. The van der Waals surface area contributed by atoms with E-state index in [1.54, 1.807) is 24.3 Å². The minimum atomic E-state index is -0.603. The van der Waals surface area contributed by atoms with E-state index in [4.69, 9.17) is 5.73 Å². The van der Waals surface area contributed by atoms with Gasteiger partial charge in [-0.05, 0) is 12.5 Å². The number of phenols is 1. The number of nitrogens with two attached hydrogens (primary N) is 1. The number of aromatic hydroxyl groups is 1. The van der Waals surface area contributed by atoms with Crippen LogP contribution in [-0.2, 0) is 0 Å². The van der Waals surface area contributed by atoms with Crippen LogP contribution in [0.25, 0.3) is 0 Å². The van der Waals surface area contributed by atoms with Crippen LogP contribution >= 0.6 is 0 Å². The van der Waals surface area contributed by atoms with Gasteiger partial charge in [0.05, 0.1) is 12.1 Å². The summed E-state index contributed by atoms with van der Waals surface area (Å²) >= 11 is 0. The van der Waals surface area contributed by atoms with E-state index in [2.05, 4.69) is 0 Å². The van der Waals surface area contributed by atoms with E-state index >= 15 is 0 Å². The second-order valence-corrected chi connectivity index (χ2v) is 3.06. The van der Waals surface area contributed by atoms with Crippen LogP contribution in [0.1, 0.15) is 24.9 Å². The van der Waals surface area contributed by atoms with Gasteiger partial charge in [-0.2, -0.15) is 0 Å². The molecule has 0 radical (unpaired) electrons. The van der Waals surface area contributed by atoms with Crippen LogP contribution in [0.4, 0.5) is 0 Å².